The molecule has 3 aromatic carbocycles. The molecule has 0 radical (unpaired) electrons. The molecule has 0 spiro atoms. The van der Waals surface area contributed by atoms with Gasteiger partial charge in [-0.05, 0) is 66.9 Å². The summed E-state index contributed by atoms with van der Waals surface area (Å²) in [5.74, 6) is 0.101. The summed E-state index contributed by atoms with van der Waals surface area (Å²) < 4.78 is 27.6. The van der Waals surface area contributed by atoms with E-state index in [4.69, 9.17) is 40.5 Å². The topological polar surface area (TPSA) is 170 Å². The summed E-state index contributed by atoms with van der Waals surface area (Å²) in [5.41, 5.74) is 5.48. The van der Waals surface area contributed by atoms with E-state index >= 15 is 0 Å². The van der Waals surface area contributed by atoms with Crippen LogP contribution in [0.15, 0.2) is 71.0 Å². The molecule has 0 saturated heterocycles. The first-order valence-corrected chi connectivity index (χ1v) is 14.6. The Hall–Kier alpha value is -5.74. The van der Waals surface area contributed by atoms with E-state index in [1.807, 2.05) is 0 Å². The van der Waals surface area contributed by atoms with Gasteiger partial charge in [0.2, 0.25) is 0 Å². The van der Waals surface area contributed by atoms with Crippen LogP contribution in [-0.4, -0.2) is 51.6 Å². The number of esters is 1. The molecule has 0 saturated carbocycles. The Labute approximate surface area is 276 Å². The van der Waals surface area contributed by atoms with Crippen molar-refractivity contribution in [3.63, 3.8) is 0 Å². The average Bonchev–Trinajstić information content (AvgIpc) is 3.06. The monoisotopic (exact) mass is 661 g/mol. The largest absolute Gasteiger partial charge is 0.493 e. The molecule has 3 aromatic rings. The van der Waals surface area contributed by atoms with E-state index in [9.17, 15) is 14.4 Å². The number of nitrogens with zero attached hydrogens (tertiary/aromatic N) is 2. The highest BCUT2D eigenvalue weighted by molar-refractivity contribution is 6.32. The maximum Gasteiger partial charge on any atom is 0.338 e. The quantitative estimate of drug-likeness (QED) is 0.135. The molecule has 244 valence electrons. The van der Waals surface area contributed by atoms with E-state index in [0.717, 1.165) is 5.56 Å². The van der Waals surface area contributed by atoms with Crippen molar-refractivity contribution in [3.8, 4) is 29.1 Å². The Bertz CT molecular complexity index is 1750. The van der Waals surface area contributed by atoms with E-state index in [1.54, 1.807) is 68.4 Å². The van der Waals surface area contributed by atoms with Crippen molar-refractivity contribution in [1.29, 1.82) is 5.26 Å². The van der Waals surface area contributed by atoms with Crippen LogP contribution in [0.2, 0.25) is 5.02 Å². The van der Waals surface area contributed by atoms with E-state index < -0.39 is 30.6 Å². The Kier molecular flexibility index (Phi) is 11.6. The Morgan fingerprint density at radius 3 is 2.47 bits per heavy atom. The molecular weight excluding hydrogens is 630 g/mol. The minimum absolute atomic E-state index is 0.170. The van der Waals surface area contributed by atoms with Crippen LogP contribution in [0.4, 0.5) is 4.79 Å². The van der Waals surface area contributed by atoms with E-state index in [0.29, 0.717) is 33.9 Å². The van der Waals surface area contributed by atoms with Crippen LogP contribution in [0.25, 0.3) is 0 Å². The number of rotatable bonds is 13. The van der Waals surface area contributed by atoms with Gasteiger partial charge in [-0.1, -0.05) is 29.8 Å². The van der Waals surface area contributed by atoms with Gasteiger partial charge in [0.25, 0.3) is 5.91 Å². The standard InChI is InChI=1S/C33H32ClN5O8/c1-5-45-32(41)29-19(2)37-33(42)38-30(29)23-10-11-25(26(14-23)43-3)46-18-28(40)39-36-16-22-12-24(34)31(27(13-22)44-4)47-17-21-8-6-20(15-35)7-9-21/h6-14,16,30H,5,17-18H2,1-4H3,(H,39,40)(H2,37,38,42)/b36-16+/t30-/m1/s1. The highest BCUT2D eigenvalue weighted by Crippen LogP contribution is 2.37. The first kappa shape index (κ1) is 34.1. The van der Waals surface area contributed by atoms with E-state index in [-0.39, 0.29) is 35.3 Å². The number of nitriles is 1. The molecule has 1 aliphatic rings. The highest BCUT2D eigenvalue weighted by Gasteiger charge is 2.32. The Balaban J connectivity index is 1.37. The van der Waals surface area contributed by atoms with Crippen molar-refractivity contribution >= 4 is 35.7 Å². The van der Waals surface area contributed by atoms with Crippen LogP contribution >= 0.6 is 11.6 Å². The fourth-order valence-corrected chi connectivity index (χ4v) is 4.82. The first-order chi connectivity index (χ1) is 22.7. The van der Waals surface area contributed by atoms with Crippen molar-refractivity contribution in [2.45, 2.75) is 26.5 Å². The maximum absolute atomic E-state index is 12.6. The van der Waals surface area contributed by atoms with Crippen LogP contribution < -0.4 is 35.0 Å². The number of hydrogen-bond acceptors (Lipinski definition) is 10. The summed E-state index contributed by atoms with van der Waals surface area (Å²) in [6.45, 7) is 3.29. The zero-order valence-electron chi connectivity index (χ0n) is 26.0. The van der Waals surface area contributed by atoms with Gasteiger partial charge < -0.3 is 34.3 Å². The molecule has 1 aliphatic heterocycles. The van der Waals surface area contributed by atoms with Gasteiger partial charge in [0.1, 0.15) is 6.61 Å². The third-order valence-corrected chi connectivity index (χ3v) is 7.05. The lowest BCUT2D eigenvalue weighted by Crippen LogP contribution is -2.45. The summed E-state index contributed by atoms with van der Waals surface area (Å²) in [6.07, 6.45) is 1.38. The third-order valence-electron chi connectivity index (χ3n) is 6.77. The number of carbonyl (C=O) groups is 3. The summed E-state index contributed by atoms with van der Waals surface area (Å²) in [6, 6.07) is 15.8. The number of hydrazone groups is 1. The van der Waals surface area contributed by atoms with Crippen molar-refractivity contribution in [2.24, 2.45) is 5.10 Å². The molecule has 0 aromatic heterocycles. The molecule has 0 unspecified atom stereocenters. The second-order valence-corrected chi connectivity index (χ2v) is 10.3. The van der Waals surface area contributed by atoms with Crippen molar-refractivity contribution < 1.29 is 38.1 Å². The van der Waals surface area contributed by atoms with Crippen LogP contribution in [-0.2, 0) is 20.9 Å². The van der Waals surface area contributed by atoms with Gasteiger partial charge in [-0.2, -0.15) is 10.4 Å². The van der Waals surface area contributed by atoms with E-state index in [2.05, 4.69) is 27.2 Å². The van der Waals surface area contributed by atoms with Crippen LogP contribution in [0.1, 0.15) is 42.1 Å². The Morgan fingerprint density at radius 1 is 1.04 bits per heavy atom. The number of methoxy groups -OCH3 is 2. The van der Waals surface area contributed by atoms with Gasteiger partial charge in [0.05, 0.1) is 55.3 Å². The minimum Gasteiger partial charge on any atom is -0.493 e. The zero-order valence-corrected chi connectivity index (χ0v) is 26.8. The molecule has 14 heteroatoms. The highest BCUT2D eigenvalue weighted by atomic mass is 35.5. The van der Waals surface area contributed by atoms with Crippen LogP contribution in [0, 0.1) is 11.3 Å². The van der Waals surface area contributed by atoms with Crippen molar-refractivity contribution in [2.75, 3.05) is 27.4 Å². The summed E-state index contributed by atoms with van der Waals surface area (Å²) >= 11 is 6.45. The SMILES string of the molecule is CCOC(=O)C1=C(C)NC(=O)N[C@@H]1c1ccc(OCC(=O)N/N=C/c2cc(Cl)c(OCc3ccc(C#N)cc3)c(OC)c2)c(OC)c1. The Morgan fingerprint density at radius 2 is 1.79 bits per heavy atom. The van der Waals surface area contributed by atoms with Gasteiger partial charge in [-0.3, -0.25) is 4.79 Å². The molecule has 3 N–H and O–H groups in total. The lowest BCUT2D eigenvalue weighted by molar-refractivity contribution is -0.139. The van der Waals surface area contributed by atoms with Gasteiger partial charge >= 0.3 is 12.0 Å². The molecule has 1 atom stereocenters. The predicted molar refractivity (Wildman–Crippen MR) is 171 cm³/mol. The summed E-state index contributed by atoms with van der Waals surface area (Å²) in [4.78, 5) is 37.3. The molecule has 0 aliphatic carbocycles. The van der Waals surface area contributed by atoms with Gasteiger partial charge in [-0.25, -0.2) is 15.0 Å². The summed E-state index contributed by atoms with van der Waals surface area (Å²) in [5, 5.41) is 18.5. The fraction of sp³-hybridized carbons (Fsp3) is 0.242. The number of urea groups is 1. The second-order valence-electron chi connectivity index (χ2n) is 9.91. The molecule has 47 heavy (non-hydrogen) atoms. The van der Waals surface area contributed by atoms with Crippen molar-refractivity contribution in [3.05, 3.63) is 93.1 Å². The number of amides is 3. The maximum atomic E-state index is 12.6. The lowest BCUT2D eigenvalue weighted by atomic mass is 9.95. The number of halogens is 1. The number of nitrogens with one attached hydrogen (secondary N) is 3. The van der Waals surface area contributed by atoms with Crippen LogP contribution in [0.3, 0.4) is 0 Å². The van der Waals surface area contributed by atoms with Gasteiger partial charge in [0.15, 0.2) is 29.6 Å². The number of allylic oxidation sites excluding steroid dienone is 1. The van der Waals surface area contributed by atoms with Gasteiger partial charge in [0, 0.05) is 5.70 Å². The zero-order chi connectivity index (χ0) is 33.9. The average molecular weight is 662 g/mol. The molecule has 1 heterocycles. The molecular formula is C33H32ClN5O8. The fourth-order valence-electron chi connectivity index (χ4n) is 4.55. The lowest BCUT2D eigenvalue weighted by Gasteiger charge is -2.28. The molecule has 0 fully saturated rings. The number of benzene rings is 3. The molecule has 0 bridgehead atoms. The minimum atomic E-state index is -0.793. The van der Waals surface area contributed by atoms with Gasteiger partial charge in [-0.15, -0.1) is 0 Å². The second kappa shape index (κ2) is 16.0. The predicted octanol–water partition coefficient (Wildman–Crippen LogP) is 4.53. The number of hydrogen-bond donors (Lipinski definition) is 3. The van der Waals surface area contributed by atoms with E-state index in [1.165, 1.54) is 20.4 Å². The van der Waals surface area contributed by atoms with Crippen LogP contribution in [0.5, 0.6) is 23.0 Å². The summed E-state index contributed by atoms with van der Waals surface area (Å²) in [7, 11) is 2.90. The smallest absolute Gasteiger partial charge is 0.338 e. The third kappa shape index (κ3) is 8.71. The molecule has 4 rings (SSSR count). The normalized spacial score (nSPS) is 14.0. The van der Waals surface area contributed by atoms with Crippen molar-refractivity contribution in [1.82, 2.24) is 16.1 Å². The molecule has 13 nitrogen and oxygen atoms in total. The first-order valence-electron chi connectivity index (χ1n) is 14.2. The number of ether oxygens (including phenoxy) is 5. The molecule has 3 amide bonds. The number of carbonyl (C=O) groups excluding carboxylic acids is 3.